The molecule has 0 saturated carbocycles. The van der Waals surface area contributed by atoms with Crippen LogP contribution in [0.2, 0.25) is 10.0 Å². The quantitative estimate of drug-likeness (QED) is 0.721. The molecule has 1 aromatic carbocycles. The van der Waals surface area contributed by atoms with Crippen LogP contribution in [-0.2, 0) is 6.54 Å². The van der Waals surface area contributed by atoms with Crippen molar-refractivity contribution in [1.82, 2.24) is 4.90 Å². The summed E-state index contributed by atoms with van der Waals surface area (Å²) in [5.41, 5.74) is 1.05. The topological polar surface area (TPSA) is 3.24 Å². The molecule has 0 amide bonds. The van der Waals surface area contributed by atoms with Crippen molar-refractivity contribution in [3.05, 3.63) is 33.8 Å². The van der Waals surface area contributed by atoms with Gasteiger partial charge in [0, 0.05) is 25.0 Å². The van der Waals surface area contributed by atoms with Crippen LogP contribution in [0.1, 0.15) is 19.4 Å². The summed E-state index contributed by atoms with van der Waals surface area (Å²) in [5.74, 6) is 0.621. The van der Waals surface area contributed by atoms with Crippen LogP contribution in [0.4, 0.5) is 0 Å². The smallest absolute Gasteiger partial charge is 0.0637 e. The normalized spacial score (nSPS) is 11.4. The lowest BCUT2D eigenvalue weighted by atomic mass is 10.2. The third-order valence-electron chi connectivity index (χ3n) is 2.51. The highest BCUT2D eigenvalue weighted by Gasteiger charge is 2.12. The zero-order valence-electron chi connectivity index (χ0n) is 9.51. The van der Waals surface area contributed by atoms with Gasteiger partial charge in [0.05, 0.1) is 10.0 Å². The van der Waals surface area contributed by atoms with Crippen LogP contribution >= 0.6 is 34.8 Å². The Bertz CT molecular complexity index is 339. The largest absolute Gasteiger partial charge is 0.295 e. The molecule has 0 spiro atoms. The monoisotopic (exact) mass is 279 g/mol. The number of halogens is 3. The summed E-state index contributed by atoms with van der Waals surface area (Å²) in [4.78, 5) is 2.27. The Hall–Kier alpha value is 0.0500. The molecule has 0 N–H and O–H groups in total. The minimum Gasteiger partial charge on any atom is -0.295 e. The van der Waals surface area contributed by atoms with Crippen LogP contribution in [0, 0.1) is 0 Å². The molecular weight excluding hydrogens is 264 g/mol. The molecule has 1 nitrogen and oxygen atoms in total. The third kappa shape index (κ3) is 3.81. The second-order valence-corrected chi connectivity index (χ2v) is 5.13. The van der Waals surface area contributed by atoms with E-state index in [0.717, 1.165) is 18.7 Å². The fraction of sp³-hybridized carbons (Fsp3) is 0.500. The number of hydrogen-bond donors (Lipinski definition) is 0. The van der Waals surface area contributed by atoms with Crippen molar-refractivity contribution in [3.63, 3.8) is 0 Å². The second-order valence-electron chi connectivity index (χ2n) is 3.97. The Balaban J connectivity index is 2.81. The fourth-order valence-corrected chi connectivity index (χ4v) is 2.11. The van der Waals surface area contributed by atoms with Gasteiger partial charge in [-0.15, -0.1) is 11.6 Å². The lowest BCUT2D eigenvalue weighted by Gasteiger charge is -2.26. The lowest BCUT2D eigenvalue weighted by molar-refractivity contribution is 0.226. The summed E-state index contributed by atoms with van der Waals surface area (Å²) in [7, 11) is 0. The molecule has 0 bridgehead atoms. The van der Waals surface area contributed by atoms with E-state index in [1.54, 1.807) is 6.07 Å². The highest BCUT2D eigenvalue weighted by atomic mass is 35.5. The number of benzene rings is 1. The Morgan fingerprint density at radius 1 is 1.25 bits per heavy atom. The van der Waals surface area contributed by atoms with Crippen molar-refractivity contribution in [2.75, 3.05) is 12.4 Å². The summed E-state index contributed by atoms with van der Waals surface area (Å²) in [6.45, 7) is 5.92. The van der Waals surface area contributed by atoms with Crippen LogP contribution in [0.25, 0.3) is 0 Å². The van der Waals surface area contributed by atoms with Crippen molar-refractivity contribution in [2.45, 2.75) is 26.4 Å². The van der Waals surface area contributed by atoms with E-state index in [0.29, 0.717) is 22.0 Å². The Morgan fingerprint density at radius 2 is 1.94 bits per heavy atom. The van der Waals surface area contributed by atoms with Crippen molar-refractivity contribution >= 4 is 34.8 Å². The zero-order valence-corrected chi connectivity index (χ0v) is 11.8. The first-order valence-electron chi connectivity index (χ1n) is 5.29. The molecule has 0 aliphatic rings. The van der Waals surface area contributed by atoms with Gasteiger partial charge in [0.15, 0.2) is 0 Å². The van der Waals surface area contributed by atoms with Gasteiger partial charge in [-0.05, 0) is 25.5 Å². The maximum absolute atomic E-state index is 6.15. The Kier molecular flexibility index (Phi) is 5.91. The Labute approximate surface area is 112 Å². The van der Waals surface area contributed by atoms with E-state index in [-0.39, 0.29) is 0 Å². The SMILES string of the molecule is CC(C)N(CCCl)Cc1cccc(Cl)c1Cl. The molecule has 0 unspecified atom stereocenters. The molecule has 16 heavy (non-hydrogen) atoms. The predicted molar refractivity (Wildman–Crippen MR) is 72.7 cm³/mol. The first-order chi connectivity index (χ1) is 7.56. The molecule has 90 valence electrons. The van der Waals surface area contributed by atoms with Gasteiger partial charge < -0.3 is 0 Å². The van der Waals surface area contributed by atoms with Gasteiger partial charge in [0.2, 0.25) is 0 Å². The van der Waals surface area contributed by atoms with Crippen LogP contribution in [-0.4, -0.2) is 23.4 Å². The summed E-state index contributed by atoms with van der Waals surface area (Å²) in [6, 6.07) is 6.16. The average Bonchev–Trinajstić information content (AvgIpc) is 2.23. The van der Waals surface area contributed by atoms with E-state index in [4.69, 9.17) is 34.8 Å². The average molecular weight is 281 g/mol. The third-order valence-corrected chi connectivity index (χ3v) is 3.53. The summed E-state index contributed by atoms with van der Waals surface area (Å²) in [5, 5.41) is 1.25. The molecule has 0 aromatic heterocycles. The van der Waals surface area contributed by atoms with Gasteiger partial charge in [-0.1, -0.05) is 35.3 Å². The summed E-state index contributed by atoms with van der Waals surface area (Å²) in [6.07, 6.45) is 0. The lowest BCUT2D eigenvalue weighted by Crippen LogP contribution is -2.32. The molecule has 0 saturated heterocycles. The number of alkyl halides is 1. The second kappa shape index (κ2) is 6.70. The van der Waals surface area contributed by atoms with Crippen LogP contribution in [0.3, 0.4) is 0 Å². The van der Waals surface area contributed by atoms with Crippen molar-refractivity contribution < 1.29 is 0 Å². The molecule has 1 aromatic rings. The molecule has 0 atom stereocenters. The predicted octanol–water partition coefficient (Wildman–Crippen LogP) is 4.44. The molecule has 0 heterocycles. The van der Waals surface area contributed by atoms with E-state index in [2.05, 4.69) is 18.7 Å². The fourth-order valence-electron chi connectivity index (χ4n) is 1.52. The number of rotatable bonds is 5. The van der Waals surface area contributed by atoms with Gasteiger partial charge in [-0.3, -0.25) is 4.90 Å². The van der Waals surface area contributed by atoms with E-state index in [1.165, 1.54) is 0 Å². The molecule has 0 aliphatic carbocycles. The molecule has 1 rings (SSSR count). The van der Waals surface area contributed by atoms with Crippen LogP contribution in [0.5, 0.6) is 0 Å². The van der Waals surface area contributed by atoms with Gasteiger partial charge in [-0.25, -0.2) is 0 Å². The first-order valence-corrected chi connectivity index (χ1v) is 6.58. The number of hydrogen-bond acceptors (Lipinski definition) is 1. The van der Waals surface area contributed by atoms with E-state index in [9.17, 15) is 0 Å². The zero-order chi connectivity index (χ0) is 12.1. The minimum absolute atomic E-state index is 0.439. The molecule has 4 heteroatoms. The highest BCUT2D eigenvalue weighted by Crippen LogP contribution is 2.26. The van der Waals surface area contributed by atoms with Gasteiger partial charge in [0.25, 0.3) is 0 Å². The highest BCUT2D eigenvalue weighted by molar-refractivity contribution is 6.42. The van der Waals surface area contributed by atoms with E-state index < -0.39 is 0 Å². The molecule has 0 radical (unpaired) electrons. The van der Waals surface area contributed by atoms with Crippen molar-refractivity contribution in [3.8, 4) is 0 Å². The van der Waals surface area contributed by atoms with Crippen molar-refractivity contribution in [1.29, 1.82) is 0 Å². The van der Waals surface area contributed by atoms with Gasteiger partial charge in [0.1, 0.15) is 0 Å². The summed E-state index contributed by atoms with van der Waals surface area (Å²) < 4.78 is 0. The standard InChI is InChI=1S/C12H16Cl3N/c1-9(2)16(7-6-13)8-10-4-3-5-11(14)12(10)15/h3-5,9H,6-8H2,1-2H3. The molecule has 0 fully saturated rings. The Morgan fingerprint density at radius 3 is 2.50 bits per heavy atom. The molecule has 0 aliphatic heterocycles. The maximum Gasteiger partial charge on any atom is 0.0637 e. The number of nitrogens with zero attached hydrogens (tertiary/aromatic N) is 1. The van der Waals surface area contributed by atoms with Crippen molar-refractivity contribution in [2.24, 2.45) is 0 Å². The van der Waals surface area contributed by atoms with Gasteiger partial charge in [-0.2, -0.15) is 0 Å². The minimum atomic E-state index is 0.439. The van der Waals surface area contributed by atoms with Crippen LogP contribution in [0.15, 0.2) is 18.2 Å². The maximum atomic E-state index is 6.15. The van der Waals surface area contributed by atoms with Gasteiger partial charge >= 0.3 is 0 Å². The first kappa shape index (κ1) is 14.1. The van der Waals surface area contributed by atoms with E-state index in [1.807, 2.05) is 12.1 Å². The van der Waals surface area contributed by atoms with Crippen LogP contribution < -0.4 is 0 Å². The summed E-state index contributed by atoms with van der Waals surface area (Å²) >= 11 is 17.9. The molecular formula is C12H16Cl3N. The van der Waals surface area contributed by atoms with E-state index >= 15 is 0 Å².